The van der Waals surface area contributed by atoms with Crippen molar-refractivity contribution in [3.05, 3.63) is 54.7 Å². The standard InChI is InChI=1S/C19H17N3O4/c1-11(18(23)24)12-4-6-14(7-5-12)21-19-20-10-13-8-16(25-2)17(26-3)9-15(13)22-19/h4-10H,1H2,2-3H3,(H,23,24)(H,20,21,22). The minimum Gasteiger partial charge on any atom is -0.493 e. The fourth-order valence-corrected chi connectivity index (χ4v) is 2.43. The molecule has 7 nitrogen and oxygen atoms in total. The Hall–Kier alpha value is -3.61. The maximum atomic E-state index is 10.9. The second kappa shape index (κ2) is 7.10. The van der Waals surface area contributed by atoms with E-state index >= 15 is 0 Å². The lowest BCUT2D eigenvalue weighted by Gasteiger charge is -2.10. The number of carboxylic acid groups (broad SMARTS) is 1. The zero-order valence-corrected chi connectivity index (χ0v) is 14.3. The number of hydrogen-bond acceptors (Lipinski definition) is 6. The number of aromatic nitrogens is 2. The molecule has 0 saturated heterocycles. The molecule has 26 heavy (non-hydrogen) atoms. The number of hydrogen-bond donors (Lipinski definition) is 2. The Balaban J connectivity index is 1.86. The lowest BCUT2D eigenvalue weighted by atomic mass is 10.1. The number of nitrogens with one attached hydrogen (secondary N) is 1. The van der Waals surface area contributed by atoms with E-state index in [4.69, 9.17) is 14.6 Å². The highest BCUT2D eigenvalue weighted by Crippen LogP contribution is 2.31. The molecule has 2 aromatic carbocycles. The van der Waals surface area contributed by atoms with Gasteiger partial charge >= 0.3 is 5.97 Å². The number of carbonyl (C=O) groups is 1. The van der Waals surface area contributed by atoms with Gasteiger partial charge in [-0.05, 0) is 23.8 Å². The zero-order valence-electron chi connectivity index (χ0n) is 14.3. The quantitative estimate of drug-likeness (QED) is 0.657. The summed E-state index contributed by atoms with van der Waals surface area (Å²) in [5.41, 5.74) is 2.02. The largest absolute Gasteiger partial charge is 0.493 e. The second-order valence-corrected chi connectivity index (χ2v) is 5.45. The molecule has 0 saturated carbocycles. The van der Waals surface area contributed by atoms with E-state index in [1.165, 1.54) is 0 Å². The molecule has 0 bridgehead atoms. The Morgan fingerprint density at radius 3 is 2.38 bits per heavy atom. The summed E-state index contributed by atoms with van der Waals surface area (Å²) in [6.45, 7) is 3.54. The fourth-order valence-electron chi connectivity index (χ4n) is 2.43. The van der Waals surface area contributed by atoms with Crippen molar-refractivity contribution in [2.24, 2.45) is 0 Å². The Morgan fingerprint density at radius 1 is 1.12 bits per heavy atom. The minimum atomic E-state index is -1.05. The van der Waals surface area contributed by atoms with E-state index in [-0.39, 0.29) is 5.57 Å². The third-order valence-corrected chi connectivity index (χ3v) is 3.83. The van der Waals surface area contributed by atoms with Crippen molar-refractivity contribution < 1.29 is 19.4 Å². The summed E-state index contributed by atoms with van der Waals surface area (Å²) in [6, 6.07) is 10.4. The van der Waals surface area contributed by atoms with Gasteiger partial charge in [-0.15, -0.1) is 0 Å². The summed E-state index contributed by atoms with van der Waals surface area (Å²) in [5, 5.41) is 12.9. The first-order valence-corrected chi connectivity index (χ1v) is 7.70. The number of benzene rings is 2. The molecule has 3 aromatic rings. The van der Waals surface area contributed by atoms with Crippen molar-refractivity contribution in [3.63, 3.8) is 0 Å². The highest BCUT2D eigenvalue weighted by molar-refractivity contribution is 6.14. The van der Waals surface area contributed by atoms with Crippen LogP contribution in [-0.4, -0.2) is 35.3 Å². The normalized spacial score (nSPS) is 10.4. The van der Waals surface area contributed by atoms with Crippen molar-refractivity contribution in [2.75, 3.05) is 19.5 Å². The van der Waals surface area contributed by atoms with Crippen molar-refractivity contribution in [1.29, 1.82) is 0 Å². The highest BCUT2D eigenvalue weighted by atomic mass is 16.5. The minimum absolute atomic E-state index is 0.0412. The monoisotopic (exact) mass is 351 g/mol. The number of anilines is 2. The molecule has 1 aromatic heterocycles. The van der Waals surface area contributed by atoms with E-state index in [2.05, 4.69) is 21.9 Å². The Labute approximate surface area is 149 Å². The van der Waals surface area contributed by atoms with Crippen LogP contribution in [0.2, 0.25) is 0 Å². The number of rotatable bonds is 6. The van der Waals surface area contributed by atoms with Crippen LogP contribution in [0.15, 0.2) is 49.2 Å². The van der Waals surface area contributed by atoms with Gasteiger partial charge < -0.3 is 19.9 Å². The average Bonchev–Trinajstić information content (AvgIpc) is 2.66. The van der Waals surface area contributed by atoms with Crippen LogP contribution in [0.3, 0.4) is 0 Å². The third kappa shape index (κ3) is 3.41. The molecule has 7 heteroatoms. The number of fused-ring (bicyclic) bond motifs is 1. The Morgan fingerprint density at radius 2 is 1.77 bits per heavy atom. The van der Waals surface area contributed by atoms with Crippen LogP contribution in [0, 0.1) is 0 Å². The van der Waals surface area contributed by atoms with E-state index in [0.717, 1.165) is 11.1 Å². The molecule has 0 unspecified atom stereocenters. The van der Waals surface area contributed by atoms with Gasteiger partial charge in [0.1, 0.15) is 0 Å². The van der Waals surface area contributed by atoms with Gasteiger partial charge in [0.05, 0.1) is 25.3 Å². The number of aliphatic carboxylic acids is 1. The second-order valence-electron chi connectivity index (χ2n) is 5.45. The molecule has 132 valence electrons. The first kappa shape index (κ1) is 17.2. The molecule has 1 heterocycles. The predicted molar refractivity (Wildman–Crippen MR) is 99.0 cm³/mol. The third-order valence-electron chi connectivity index (χ3n) is 3.83. The Bertz CT molecular complexity index is 984. The molecule has 0 aliphatic heterocycles. The molecule has 0 atom stereocenters. The topological polar surface area (TPSA) is 93.6 Å². The van der Waals surface area contributed by atoms with Crippen molar-refractivity contribution in [2.45, 2.75) is 0 Å². The van der Waals surface area contributed by atoms with Crippen LogP contribution < -0.4 is 14.8 Å². The van der Waals surface area contributed by atoms with E-state index in [9.17, 15) is 4.79 Å². The summed E-state index contributed by atoms with van der Waals surface area (Å²) in [7, 11) is 3.14. The fraction of sp³-hybridized carbons (Fsp3) is 0.105. The molecule has 0 fully saturated rings. The molecular formula is C19H17N3O4. The van der Waals surface area contributed by atoms with Crippen LogP contribution in [0.25, 0.3) is 16.5 Å². The predicted octanol–water partition coefficient (Wildman–Crippen LogP) is 3.49. The van der Waals surface area contributed by atoms with E-state index in [1.54, 1.807) is 50.7 Å². The Kier molecular flexibility index (Phi) is 4.70. The molecular weight excluding hydrogens is 334 g/mol. The van der Waals surface area contributed by atoms with Gasteiger partial charge in [0, 0.05) is 23.3 Å². The molecule has 0 aliphatic carbocycles. The summed E-state index contributed by atoms with van der Waals surface area (Å²) in [4.78, 5) is 19.7. The zero-order chi connectivity index (χ0) is 18.7. The summed E-state index contributed by atoms with van der Waals surface area (Å²) in [5.74, 6) is 0.558. The molecule has 3 rings (SSSR count). The van der Waals surface area contributed by atoms with Gasteiger partial charge in [0.15, 0.2) is 11.5 Å². The van der Waals surface area contributed by atoms with Crippen LogP contribution in [0.1, 0.15) is 5.56 Å². The van der Waals surface area contributed by atoms with E-state index in [1.807, 2.05) is 6.07 Å². The van der Waals surface area contributed by atoms with Gasteiger partial charge in [0.25, 0.3) is 0 Å². The molecule has 0 radical (unpaired) electrons. The van der Waals surface area contributed by atoms with Gasteiger partial charge in [-0.1, -0.05) is 18.7 Å². The summed E-state index contributed by atoms with van der Waals surface area (Å²) >= 11 is 0. The van der Waals surface area contributed by atoms with Crippen LogP contribution >= 0.6 is 0 Å². The number of ether oxygens (including phenoxy) is 2. The van der Waals surface area contributed by atoms with Crippen molar-refractivity contribution in [3.8, 4) is 11.5 Å². The number of carboxylic acids is 1. The number of nitrogens with zero attached hydrogens (tertiary/aromatic N) is 2. The maximum Gasteiger partial charge on any atom is 0.335 e. The molecule has 0 aliphatic rings. The highest BCUT2D eigenvalue weighted by Gasteiger charge is 2.09. The van der Waals surface area contributed by atoms with Crippen molar-refractivity contribution in [1.82, 2.24) is 9.97 Å². The van der Waals surface area contributed by atoms with Crippen LogP contribution in [0.5, 0.6) is 11.5 Å². The summed E-state index contributed by atoms with van der Waals surface area (Å²) in [6.07, 6.45) is 1.69. The van der Waals surface area contributed by atoms with Crippen LogP contribution in [0.4, 0.5) is 11.6 Å². The van der Waals surface area contributed by atoms with Crippen LogP contribution in [-0.2, 0) is 4.79 Å². The first-order valence-electron chi connectivity index (χ1n) is 7.70. The first-order chi connectivity index (χ1) is 12.5. The molecule has 0 amide bonds. The van der Waals surface area contributed by atoms with Gasteiger partial charge in [-0.25, -0.2) is 14.8 Å². The van der Waals surface area contributed by atoms with Gasteiger partial charge in [0.2, 0.25) is 5.95 Å². The molecule has 2 N–H and O–H groups in total. The lowest BCUT2D eigenvalue weighted by Crippen LogP contribution is -2.00. The number of methoxy groups -OCH3 is 2. The maximum absolute atomic E-state index is 10.9. The SMILES string of the molecule is C=C(C(=O)O)c1ccc(Nc2ncc3cc(OC)c(OC)cc3n2)cc1. The van der Waals surface area contributed by atoms with Gasteiger partial charge in [-0.3, -0.25) is 0 Å². The average molecular weight is 351 g/mol. The van der Waals surface area contributed by atoms with E-state index < -0.39 is 5.97 Å². The van der Waals surface area contributed by atoms with Gasteiger partial charge in [-0.2, -0.15) is 0 Å². The van der Waals surface area contributed by atoms with E-state index in [0.29, 0.717) is 28.5 Å². The lowest BCUT2D eigenvalue weighted by molar-refractivity contribution is -0.130. The molecule has 0 spiro atoms. The smallest absolute Gasteiger partial charge is 0.335 e. The van der Waals surface area contributed by atoms with Crippen molar-refractivity contribution >= 4 is 34.1 Å². The summed E-state index contributed by atoms with van der Waals surface area (Å²) < 4.78 is 10.6.